The molecule has 1 amide bonds. The molecule has 1 heterocycles. The van der Waals surface area contributed by atoms with Crippen molar-refractivity contribution < 1.29 is 9.53 Å². The first-order valence-corrected chi connectivity index (χ1v) is 8.08. The van der Waals surface area contributed by atoms with E-state index in [0.29, 0.717) is 0 Å². The molecule has 0 aliphatic heterocycles. The lowest BCUT2D eigenvalue weighted by atomic mass is 9.81. The molecule has 2 rings (SSSR count). The van der Waals surface area contributed by atoms with Gasteiger partial charge in [0.15, 0.2) is 0 Å². The van der Waals surface area contributed by atoms with Gasteiger partial charge in [0, 0.05) is 18.2 Å². The zero-order chi connectivity index (χ0) is 16.9. The van der Waals surface area contributed by atoms with E-state index in [1.807, 2.05) is 39.0 Å². The third-order valence-corrected chi connectivity index (χ3v) is 3.85. The first-order chi connectivity index (χ1) is 10.9. The predicted octanol–water partition coefficient (Wildman–Crippen LogP) is 2.83. The van der Waals surface area contributed by atoms with Crippen LogP contribution in [0.25, 0.3) is 0 Å². The van der Waals surface area contributed by atoms with Crippen molar-refractivity contribution in [2.75, 3.05) is 0 Å². The molecule has 0 bridgehead atoms. The van der Waals surface area contributed by atoms with E-state index in [1.54, 1.807) is 6.20 Å². The fourth-order valence-electron chi connectivity index (χ4n) is 2.94. The number of nitrogens with one attached hydrogen (secondary N) is 1. The van der Waals surface area contributed by atoms with Crippen LogP contribution in [0, 0.1) is 5.92 Å². The molecule has 1 aromatic rings. The van der Waals surface area contributed by atoms with E-state index in [1.165, 1.54) is 0 Å². The Kier molecular flexibility index (Phi) is 5.58. The molecular weight excluding hydrogens is 292 g/mol. The number of aromatic nitrogens is 1. The van der Waals surface area contributed by atoms with Gasteiger partial charge in [0.1, 0.15) is 5.60 Å². The Morgan fingerprint density at radius 3 is 2.78 bits per heavy atom. The first-order valence-electron chi connectivity index (χ1n) is 8.08. The fourth-order valence-corrected chi connectivity index (χ4v) is 2.94. The monoisotopic (exact) mass is 318 g/mol. The number of carbonyl (C=O) groups is 1. The Labute approximate surface area is 137 Å². The number of nitrogens with two attached hydrogens (primary N) is 1. The molecule has 0 aromatic carbocycles. The number of rotatable bonds is 3. The summed E-state index contributed by atoms with van der Waals surface area (Å²) in [7, 11) is 0. The van der Waals surface area contributed by atoms with Crippen molar-refractivity contribution in [2.45, 2.75) is 58.1 Å². The lowest BCUT2D eigenvalue weighted by Gasteiger charge is -2.31. The van der Waals surface area contributed by atoms with Crippen molar-refractivity contribution in [3.8, 4) is 0 Å². The van der Waals surface area contributed by atoms with Crippen LogP contribution in [-0.4, -0.2) is 28.4 Å². The molecule has 6 heteroatoms. The van der Waals surface area contributed by atoms with E-state index < -0.39 is 5.60 Å². The summed E-state index contributed by atoms with van der Waals surface area (Å²) < 4.78 is 5.33. The largest absolute Gasteiger partial charge is 0.444 e. The number of amides is 1. The number of nitrogens with zero attached hydrogens (tertiary/aromatic N) is 2. The molecule has 2 unspecified atom stereocenters. The summed E-state index contributed by atoms with van der Waals surface area (Å²) in [5, 5.41) is 6.92. The third-order valence-electron chi connectivity index (χ3n) is 3.85. The van der Waals surface area contributed by atoms with Gasteiger partial charge in [0.25, 0.3) is 0 Å². The van der Waals surface area contributed by atoms with Crippen molar-refractivity contribution in [1.82, 2.24) is 10.3 Å². The van der Waals surface area contributed by atoms with E-state index in [0.717, 1.165) is 37.1 Å². The molecule has 2 atom stereocenters. The maximum atomic E-state index is 11.9. The fraction of sp³-hybridized carbons (Fsp3) is 0.588. The summed E-state index contributed by atoms with van der Waals surface area (Å²) in [6, 6.07) is 5.78. The van der Waals surface area contributed by atoms with Gasteiger partial charge in [0.05, 0.1) is 11.4 Å². The minimum absolute atomic E-state index is 0.0732. The highest BCUT2D eigenvalue weighted by Crippen LogP contribution is 2.27. The first kappa shape index (κ1) is 17.2. The predicted molar refractivity (Wildman–Crippen MR) is 90.1 cm³/mol. The lowest BCUT2D eigenvalue weighted by molar-refractivity contribution is 0.0489. The molecule has 0 spiro atoms. The van der Waals surface area contributed by atoms with Gasteiger partial charge in [-0.2, -0.15) is 5.10 Å². The number of carbonyl (C=O) groups excluding carboxylic acids is 1. The Bertz CT molecular complexity index is 551. The smallest absolute Gasteiger partial charge is 0.407 e. The van der Waals surface area contributed by atoms with Crippen LogP contribution >= 0.6 is 0 Å². The quantitative estimate of drug-likeness (QED) is 0.509. The Hall–Kier alpha value is -2.11. The summed E-state index contributed by atoms with van der Waals surface area (Å²) in [4.78, 5) is 16.3. The summed E-state index contributed by atoms with van der Waals surface area (Å²) in [6.45, 7) is 5.57. The van der Waals surface area contributed by atoms with Gasteiger partial charge in [-0.1, -0.05) is 12.5 Å². The summed E-state index contributed by atoms with van der Waals surface area (Å²) in [5.74, 6) is 5.80. The van der Waals surface area contributed by atoms with Gasteiger partial charge >= 0.3 is 6.09 Å². The molecule has 0 radical (unpaired) electrons. The van der Waals surface area contributed by atoms with Crippen LogP contribution in [-0.2, 0) is 4.74 Å². The number of alkyl carbamates (subject to hydrolysis) is 1. The highest BCUT2D eigenvalue weighted by molar-refractivity contribution is 6.00. The summed E-state index contributed by atoms with van der Waals surface area (Å²) in [5.41, 5.74) is 1.12. The van der Waals surface area contributed by atoms with E-state index in [2.05, 4.69) is 15.4 Å². The molecule has 6 nitrogen and oxygen atoms in total. The summed E-state index contributed by atoms with van der Waals surface area (Å²) >= 11 is 0. The standard InChI is InChI=1S/C17H26N4O2/c1-17(2,3)23-16(22)20-13-8-6-7-12(11-13)15(21-18)14-9-4-5-10-19-14/h4-5,9-10,12-13H,6-8,11,18H2,1-3H3,(H,20,22)/b21-15+. The normalized spacial score (nSPS) is 22.5. The van der Waals surface area contributed by atoms with Gasteiger partial charge in [-0.25, -0.2) is 4.79 Å². The maximum Gasteiger partial charge on any atom is 0.407 e. The Morgan fingerprint density at radius 2 is 2.17 bits per heavy atom. The molecular formula is C17H26N4O2. The SMILES string of the molecule is CC(C)(C)OC(=O)NC1CCCC(/C(=N\N)c2ccccn2)C1. The van der Waals surface area contributed by atoms with Crippen LogP contribution in [0.2, 0.25) is 0 Å². The topological polar surface area (TPSA) is 89.6 Å². The van der Waals surface area contributed by atoms with Crippen LogP contribution in [0.1, 0.15) is 52.1 Å². The maximum absolute atomic E-state index is 11.9. The minimum Gasteiger partial charge on any atom is -0.444 e. The minimum atomic E-state index is -0.490. The van der Waals surface area contributed by atoms with Crippen molar-refractivity contribution >= 4 is 11.8 Å². The highest BCUT2D eigenvalue weighted by atomic mass is 16.6. The third kappa shape index (κ3) is 5.23. The number of pyridine rings is 1. The summed E-state index contributed by atoms with van der Waals surface area (Å²) in [6.07, 6.45) is 5.12. The number of hydrogen-bond acceptors (Lipinski definition) is 5. The van der Waals surface area contributed by atoms with Crippen molar-refractivity contribution in [3.05, 3.63) is 30.1 Å². The van der Waals surface area contributed by atoms with Gasteiger partial charge in [-0.05, 0) is 52.2 Å². The van der Waals surface area contributed by atoms with Gasteiger partial charge < -0.3 is 15.9 Å². The van der Waals surface area contributed by atoms with E-state index in [-0.39, 0.29) is 18.1 Å². The molecule has 1 aliphatic carbocycles. The molecule has 1 aromatic heterocycles. The lowest BCUT2D eigenvalue weighted by Crippen LogP contribution is -2.42. The van der Waals surface area contributed by atoms with Crippen LogP contribution in [0.5, 0.6) is 0 Å². The van der Waals surface area contributed by atoms with Crippen LogP contribution in [0.15, 0.2) is 29.5 Å². The van der Waals surface area contributed by atoms with E-state index in [9.17, 15) is 4.79 Å². The average Bonchev–Trinajstić information content (AvgIpc) is 2.47. The molecule has 1 aliphatic rings. The molecule has 126 valence electrons. The highest BCUT2D eigenvalue weighted by Gasteiger charge is 2.29. The van der Waals surface area contributed by atoms with E-state index >= 15 is 0 Å². The van der Waals surface area contributed by atoms with Crippen LogP contribution in [0.3, 0.4) is 0 Å². The number of ether oxygens (including phenoxy) is 1. The zero-order valence-corrected chi connectivity index (χ0v) is 14.1. The number of hydrazone groups is 1. The second-order valence-electron chi connectivity index (χ2n) is 6.94. The molecule has 0 saturated heterocycles. The average molecular weight is 318 g/mol. The second kappa shape index (κ2) is 7.44. The van der Waals surface area contributed by atoms with Crippen molar-refractivity contribution in [1.29, 1.82) is 0 Å². The van der Waals surface area contributed by atoms with Crippen LogP contribution < -0.4 is 11.2 Å². The Balaban J connectivity index is 1.99. The molecule has 1 saturated carbocycles. The Morgan fingerprint density at radius 1 is 1.39 bits per heavy atom. The second-order valence-corrected chi connectivity index (χ2v) is 6.94. The van der Waals surface area contributed by atoms with E-state index in [4.69, 9.17) is 10.6 Å². The molecule has 23 heavy (non-hydrogen) atoms. The van der Waals surface area contributed by atoms with Crippen LogP contribution in [0.4, 0.5) is 4.79 Å². The number of hydrogen-bond donors (Lipinski definition) is 2. The van der Waals surface area contributed by atoms with Gasteiger partial charge in [-0.3, -0.25) is 4.98 Å². The van der Waals surface area contributed by atoms with Crippen molar-refractivity contribution in [2.24, 2.45) is 16.9 Å². The van der Waals surface area contributed by atoms with Gasteiger partial charge in [0.2, 0.25) is 0 Å². The van der Waals surface area contributed by atoms with Crippen molar-refractivity contribution in [3.63, 3.8) is 0 Å². The molecule has 3 N–H and O–H groups in total. The molecule has 1 fully saturated rings. The van der Waals surface area contributed by atoms with Gasteiger partial charge in [-0.15, -0.1) is 0 Å². The zero-order valence-electron chi connectivity index (χ0n) is 14.1.